The number of aromatic nitrogens is 1. The van der Waals surface area contributed by atoms with E-state index < -0.39 is 0 Å². The summed E-state index contributed by atoms with van der Waals surface area (Å²) in [7, 11) is 0. The van der Waals surface area contributed by atoms with Gasteiger partial charge in [0.15, 0.2) is 11.6 Å². The van der Waals surface area contributed by atoms with E-state index in [4.69, 9.17) is 0 Å². The number of anilines is 1. The number of hydrogen-bond acceptors (Lipinski definition) is 4. The van der Waals surface area contributed by atoms with Gasteiger partial charge in [0.1, 0.15) is 5.03 Å². The lowest BCUT2D eigenvalue weighted by Crippen LogP contribution is -2.37. The Morgan fingerprint density at radius 3 is 2.62 bits per heavy atom. The fourth-order valence-electron chi connectivity index (χ4n) is 3.77. The van der Waals surface area contributed by atoms with Crippen LogP contribution in [-0.4, -0.2) is 35.8 Å². The highest BCUT2D eigenvalue weighted by atomic mass is 32.2. The van der Waals surface area contributed by atoms with Crippen molar-refractivity contribution in [1.82, 2.24) is 10.3 Å². The Bertz CT molecular complexity index is 613. The van der Waals surface area contributed by atoms with Gasteiger partial charge in [-0.3, -0.25) is 4.79 Å². The van der Waals surface area contributed by atoms with Crippen LogP contribution in [0.5, 0.6) is 0 Å². The molecule has 0 aromatic carbocycles. The summed E-state index contributed by atoms with van der Waals surface area (Å²) in [6, 6.07) is 1.62. The molecular formula is C20H30FN3OS. The van der Waals surface area contributed by atoms with Crippen molar-refractivity contribution in [3.63, 3.8) is 0 Å². The molecule has 4 nitrogen and oxygen atoms in total. The molecule has 1 amide bonds. The smallest absolute Gasteiger partial charge is 0.254 e. The van der Waals surface area contributed by atoms with Crippen LogP contribution in [-0.2, 0) is 0 Å². The van der Waals surface area contributed by atoms with Gasteiger partial charge in [-0.25, -0.2) is 9.37 Å². The zero-order valence-electron chi connectivity index (χ0n) is 15.7. The van der Waals surface area contributed by atoms with Crippen LogP contribution in [0.25, 0.3) is 0 Å². The molecule has 1 aliphatic heterocycles. The summed E-state index contributed by atoms with van der Waals surface area (Å²) in [6.07, 6.45) is 9.92. The quantitative estimate of drug-likeness (QED) is 0.723. The molecule has 3 rings (SSSR count). The average molecular weight is 380 g/mol. The zero-order valence-corrected chi connectivity index (χ0v) is 16.5. The largest absolute Gasteiger partial charge is 0.354 e. The van der Waals surface area contributed by atoms with Crippen LogP contribution < -0.4 is 10.2 Å². The van der Waals surface area contributed by atoms with E-state index in [0.717, 1.165) is 63.8 Å². The Morgan fingerprint density at radius 2 is 1.92 bits per heavy atom. The number of pyridine rings is 1. The predicted octanol–water partition coefficient (Wildman–Crippen LogP) is 4.78. The SMILES string of the molecule is CCCSc1nc(N2CCCCC2)c(F)cc1C(=O)NC1CCCCC1. The first-order valence-electron chi connectivity index (χ1n) is 10.1. The van der Waals surface area contributed by atoms with Gasteiger partial charge in [-0.1, -0.05) is 26.2 Å². The van der Waals surface area contributed by atoms with Crippen molar-refractivity contribution in [3.8, 4) is 0 Å². The lowest BCUT2D eigenvalue weighted by Gasteiger charge is -2.29. The summed E-state index contributed by atoms with van der Waals surface area (Å²) in [6.45, 7) is 3.79. The number of amides is 1. The molecule has 1 N–H and O–H groups in total. The molecular weight excluding hydrogens is 349 g/mol. The third kappa shape index (κ3) is 4.90. The number of nitrogens with zero attached hydrogens (tertiary/aromatic N) is 2. The van der Waals surface area contributed by atoms with Crippen molar-refractivity contribution in [2.45, 2.75) is 75.8 Å². The first-order chi connectivity index (χ1) is 12.7. The molecule has 1 aliphatic carbocycles. The fraction of sp³-hybridized carbons (Fsp3) is 0.700. The Kier molecular flexibility index (Phi) is 7.17. The summed E-state index contributed by atoms with van der Waals surface area (Å²) >= 11 is 1.56. The average Bonchev–Trinajstić information content (AvgIpc) is 2.68. The van der Waals surface area contributed by atoms with Gasteiger partial charge < -0.3 is 10.2 Å². The number of piperidine rings is 1. The minimum absolute atomic E-state index is 0.174. The Morgan fingerprint density at radius 1 is 1.23 bits per heavy atom. The highest BCUT2D eigenvalue weighted by Crippen LogP contribution is 2.29. The van der Waals surface area contributed by atoms with Gasteiger partial charge in [-0.05, 0) is 50.3 Å². The Balaban J connectivity index is 1.82. The first kappa shape index (κ1) is 19.5. The summed E-state index contributed by atoms with van der Waals surface area (Å²) in [5.74, 6) is 0.744. The number of hydrogen-bond donors (Lipinski definition) is 1. The summed E-state index contributed by atoms with van der Waals surface area (Å²) in [4.78, 5) is 19.4. The Labute approximate surface area is 160 Å². The Hall–Kier alpha value is -1.30. The molecule has 0 radical (unpaired) electrons. The van der Waals surface area contributed by atoms with E-state index in [0.29, 0.717) is 16.4 Å². The molecule has 144 valence electrons. The first-order valence-corrected chi connectivity index (χ1v) is 11.1. The fourth-order valence-corrected chi connectivity index (χ4v) is 4.63. The normalized spacial score (nSPS) is 18.8. The van der Waals surface area contributed by atoms with Crippen LogP contribution in [0.15, 0.2) is 11.1 Å². The second-order valence-electron chi connectivity index (χ2n) is 7.35. The van der Waals surface area contributed by atoms with Crippen LogP contribution in [0, 0.1) is 5.82 Å². The lowest BCUT2D eigenvalue weighted by atomic mass is 9.95. The molecule has 0 bridgehead atoms. The van der Waals surface area contributed by atoms with Crippen molar-refractivity contribution in [2.24, 2.45) is 0 Å². The van der Waals surface area contributed by atoms with Gasteiger partial charge >= 0.3 is 0 Å². The van der Waals surface area contributed by atoms with E-state index in [9.17, 15) is 9.18 Å². The van der Waals surface area contributed by atoms with Gasteiger partial charge in [-0.15, -0.1) is 11.8 Å². The standard InChI is InChI=1S/C20H30FN3OS/c1-2-13-26-20-16(19(25)22-15-9-5-3-6-10-15)14-17(21)18(23-20)24-11-7-4-8-12-24/h14-15H,2-13H2,1H3,(H,22,25). The van der Waals surface area contributed by atoms with Gasteiger partial charge in [0.25, 0.3) is 5.91 Å². The van der Waals surface area contributed by atoms with Gasteiger partial charge in [0.2, 0.25) is 0 Å². The number of halogens is 1. The molecule has 6 heteroatoms. The molecule has 2 heterocycles. The molecule has 0 unspecified atom stereocenters. The lowest BCUT2D eigenvalue weighted by molar-refractivity contribution is 0.0923. The summed E-state index contributed by atoms with van der Waals surface area (Å²) in [5.41, 5.74) is 0.396. The molecule has 26 heavy (non-hydrogen) atoms. The van der Waals surface area contributed by atoms with E-state index in [1.807, 2.05) is 4.90 Å². The molecule has 2 aliphatic rings. The summed E-state index contributed by atoms with van der Waals surface area (Å²) in [5, 5.41) is 3.77. The number of carbonyl (C=O) groups excluding carboxylic acids is 1. The second-order valence-corrected chi connectivity index (χ2v) is 8.43. The van der Waals surface area contributed by atoms with Crippen LogP contribution in [0.1, 0.15) is 75.1 Å². The van der Waals surface area contributed by atoms with Crippen molar-refractivity contribution in [1.29, 1.82) is 0 Å². The molecule has 2 fully saturated rings. The van der Waals surface area contributed by atoms with Gasteiger partial charge in [-0.2, -0.15) is 0 Å². The molecule has 1 aromatic rings. The maximum Gasteiger partial charge on any atom is 0.254 e. The van der Waals surface area contributed by atoms with E-state index >= 15 is 0 Å². The van der Waals surface area contributed by atoms with Crippen LogP contribution in [0.2, 0.25) is 0 Å². The minimum Gasteiger partial charge on any atom is -0.354 e. The monoisotopic (exact) mass is 379 g/mol. The minimum atomic E-state index is -0.374. The van der Waals surface area contributed by atoms with Crippen molar-refractivity contribution >= 4 is 23.5 Å². The van der Waals surface area contributed by atoms with Crippen molar-refractivity contribution in [2.75, 3.05) is 23.7 Å². The highest BCUT2D eigenvalue weighted by molar-refractivity contribution is 7.99. The van der Waals surface area contributed by atoms with E-state index in [1.165, 1.54) is 18.9 Å². The predicted molar refractivity (Wildman–Crippen MR) is 106 cm³/mol. The van der Waals surface area contributed by atoms with Gasteiger partial charge in [0.05, 0.1) is 5.56 Å². The third-order valence-corrected chi connectivity index (χ3v) is 6.40. The summed E-state index contributed by atoms with van der Waals surface area (Å²) < 4.78 is 14.8. The number of thioether (sulfide) groups is 1. The van der Waals surface area contributed by atoms with E-state index in [-0.39, 0.29) is 17.8 Å². The molecule has 1 saturated heterocycles. The number of carbonyl (C=O) groups is 1. The van der Waals surface area contributed by atoms with Crippen LogP contribution in [0.4, 0.5) is 10.2 Å². The molecule has 0 atom stereocenters. The number of nitrogens with one attached hydrogen (secondary N) is 1. The van der Waals surface area contributed by atoms with Gasteiger partial charge in [0, 0.05) is 19.1 Å². The van der Waals surface area contributed by atoms with Crippen molar-refractivity contribution in [3.05, 3.63) is 17.4 Å². The molecule has 1 saturated carbocycles. The van der Waals surface area contributed by atoms with Crippen molar-refractivity contribution < 1.29 is 9.18 Å². The zero-order chi connectivity index (χ0) is 18.4. The maximum atomic E-state index is 14.8. The third-order valence-electron chi connectivity index (χ3n) is 5.21. The van der Waals surface area contributed by atoms with Crippen LogP contribution >= 0.6 is 11.8 Å². The molecule has 1 aromatic heterocycles. The van der Waals surface area contributed by atoms with E-state index in [2.05, 4.69) is 17.2 Å². The number of rotatable bonds is 6. The highest BCUT2D eigenvalue weighted by Gasteiger charge is 2.24. The maximum absolute atomic E-state index is 14.8. The second kappa shape index (κ2) is 9.58. The topological polar surface area (TPSA) is 45.2 Å². The van der Waals surface area contributed by atoms with Crippen LogP contribution in [0.3, 0.4) is 0 Å². The molecule has 0 spiro atoms. The van der Waals surface area contributed by atoms with E-state index in [1.54, 1.807) is 11.8 Å².